The van der Waals surface area contributed by atoms with Gasteiger partial charge in [0.05, 0.1) is 22.5 Å². The summed E-state index contributed by atoms with van der Waals surface area (Å²) in [6, 6.07) is 0. The maximum absolute atomic E-state index is 11.6. The predicted octanol–water partition coefficient (Wildman–Crippen LogP) is -2.72. The van der Waals surface area contributed by atoms with Gasteiger partial charge in [-0.3, -0.25) is 29.8 Å². The first-order chi connectivity index (χ1) is 8.40. The Bertz CT molecular complexity index is 545. The molecule has 0 fully saturated rings. The van der Waals surface area contributed by atoms with Gasteiger partial charge in [0.25, 0.3) is 23.6 Å². The molecule has 0 bridgehead atoms. The topological polar surface area (TPSA) is 144 Å². The van der Waals surface area contributed by atoms with Gasteiger partial charge < -0.3 is 11.5 Å². The summed E-state index contributed by atoms with van der Waals surface area (Å²) in [6.07, 6.45) is 2.13. The summed E-state index contributed by atoms with van der Waals surface area (Å²) in [5.41, 5.74) is 10.0. The molecule has 8 heteroatoms. The molecule has 0 unspecified atom stereocenters. The van der Waals surface area contributed by atoms with Gasteiger partial charge in [0, 0.05) is 0 Å². The van der Waals surface area contributed by atoms with Gasteiger partial charge in [0.2, 0.25) is 0 Å². The van der Waals surface area contributed by atoms with Crippen molar-refractivity contribution < 1.29 is 19.2 Å². The van der Waals surface area contributed by atoms with Crippen LogP contribution in [0.15, 0.2) is 34.7 Å². The van der Waals surface area contributed by atoms with Crippen LogP contribution in [0, 0.1) is 0 Å². The van der Waals surface area contributed by atoms with Crippen LogP contribution in [0.4, 0.5) is 0 Å². The summed E-state index contributed by atoms with van der Waals surface area (Å²) in [5.74, 6) is -3.04. The van der Waals surface area contributed by atoms with E-state index in [4.69, 9.17) is 11.5 Å². The van der Waals surface area contributed by atoms with Crippen LogP contribution in [-0.4, -0.2) is 23.6 Å². The molecule has 0 saturated carbocycles. The monoisotopic (exact) mass is 248 g/mol. The van der Waals surface area contributed by atoms with Crippen LogP contribution >= 0.6 is 0 Å². The first-order valence-electron chi connectivity index (χ1n) is 4.80. The lowest BCUT2D eigenvalue weighted by Gasteiger charge is -2.17. The largest absolute Gasteiger partial charge is 0.394 e. The lowest BCUT2D eigenvalue weighted by molar-refractivity contribution is -0.129. The van der Waals surface area contributed by atoms with Crippen LogP contribution in [0.1, 0.15) is 0 Å². The van der Waals surface area contributed by atoms with Crippen molar-refractivity contribution in [3.63, 3.8) is 0 Å². The number of hydrogen-bond acceptors (Lipinski definition) is 6. The fourth-order valence-corrected chi connectivity index (χ4v) is 1.46. The third-order valence-electron chi connectivity index (χ3n) is 2.36. The Labute approximate surface area is 100 Å². The summed E-state index contributed by atoms with van der Waals surface area (Å²) < 4.78 is 0. The van der Waals surface area contributed by atoms with E-state index in [1.54, 1.807) is 0 Å². The van der Waals surface area contributed by atoms with Gasteiger partial charge in [-0.2, -0.15) is 0 Å². The van der Waals surface area contributed by atoms with Crippen LogP contribution in [0.25, 0.3) is 0 Å². The van der Waals surface area contributed by atoms with Gasteiger partial charge in [-0.25, -0.2) is 0 Å². The molecular formula is C10H8N4O4. The van der Waals surface area contributed by atoms with Crippen LogP contribution in [0.2, 0.25) is 0 Å². The lowest BCUT2D eigenvalue weighted by Crippen LogP contribution is -2.43. The van der Waals surface area contributed by atoms with Crippen LogP contribution in [-0.2, 0) is 19.2 Å². The van der Waals surface area contributed by atoms with E-state index < -0.39 is 23.6 Å². The molecule has 2 aliphatic heterocycles. The normalized spacial score (nSPS) is 24.2. The molecule has 2 rings (SSSR count). The number of imide groups is 2. The number of hydrogen-bond donors (Lipinski definition) is 4. The Morgan fingerprint density at radius 3 is 1.33 bits per heavy atom. The molecule has 8 nitrogen and oxygen atoms in total. The Morgan fingerprint density at radius 1 is 0.667 bits per heavy atom. The van der Waals surface area contributed by atoms with Crippen molar-refractivity contribution in [2.75, 3.05) is 0 Å². The van der Waals surface area contributed by atoms with Crippen LogP contribution in [0.3, 0.4) is 0 Å². The molecule has 2 heterocycles. The molecule has 0 radical (unpaired) electrons. The highest BCUT2D eigenvalue weighted by molar-refractivity contribution is 6.22. The van der Waals surface area contributed by atoms with Crippen LogP contribution in [0.5, 0.6) is 0 Å². The SMILES string of the molecule is NC1=CC(=C2C=C(N)C(=O)NC2=O)C(=O)NC1=O. The smallest absolute Gasteiger partial charge is 0.273 e. The summed E-state index contributed by atoms with van der Waals surface area (Å²) in [6.45, 7) is 0. The zero-order chi connectivity index (χ0) is 13.4. The molecule has 2 aliphatic rings. The zero-order valence-electron chi connectivity index (χ0n) is 8.94. The minimum absolute atomic E-state index is 0.125. The zero-order valence-corrected chi connectivity index (χ0v) is 8.94. The molecule has 4 amide bonds. The van der Waals surface area contributed by atoms with Crippen molar-refractivity contribution in [3.8, 4) is 0 Å². The van der Waals surface area contributed by atoms with Gasteiger partial charge in [0.1, 0.15) is 0 Å². The molecule has 0 aromatic carbocycles. The van der Waals surface area contributed by atoms with Gasteiger partial charge in [0.15, 0.2) is 0 Å². The quantitative estimate of drug-likeness (QED) is 0.271. The first-order valence-corrected chi connectivity index (χ1v) is 4.80. The van der Waals surface area contributed by atoms with E-state index in [-0.39, 0.29) is 22.5 Å². The highest BCUT2D eigenvalue weighted by atomic mass is 16.2. The van der Waals surface area contributed by atoms with E-state index >= 15 is 0 Å². The first kappa shape index (κ1) is 11.6. The Balaban J connectivity index is 2.61. The number of nitrogens with one attached hydrogen (secondary N) is 2. The maximum Gasteiger partial charge on any atom is 0.273 e. The summed E-state index contributed by atoms with van der Waals surface area (Å²) in [4.78, 5) is 45.3. The molecule has 0 atom stereocenters. The van der Waals surface area contributed by atoms with E-state index in [9.17, 15) is 19.2 Å². The molecule has 6 N–H and O–H groups in total. The standard InChI is InChI=1S/C10H8N4O4/c11-5-1-3(7(15)13-9(5)17)4-2-6(12)10(18)14-8(4)16/h1-2H,11-12H2,(H,13,15,17)(H,14,16,18). The second-order valence-electron chi connectivity index (χ2n) is 3.59. The molecule has 0 aliphatic carbocycles. The van der Waals surface area contributed by atoms with E-state index in [2.05, 4.69) is 0 Å². The van der Waals surface area contributed by atoms with Crippen molar-refractivity contribution >= 4 is 23.6 Å². The van der Waals surface area contributed by atoms with Gasteiger partial charge in [-0.05, 0) is 12.2 Å². The third kappa shape index (κ3) is 1.75. The third-order valence-corrected chi connectivity index (χ3v) is 2.36. The molecule has 0 saturated heterocycles. The number of carbonyl (C=O) groups is 4. The van der Waals surface area contributed by atoms with E-state index in [0.29, 0.717) is 0 Å². The van der Waals surface area contributed by atoms with E-state index in [1.807, 2.05) is 10.6 Å². The number of carbonyl (C=O) groups excluding carboxylic acids is 4. The van der Waals surface area contributed by atoms with Crippen molar-refractivity contribution in [1.29, 1.82) is 0 Å². The lowest BCUT2D eigenvalue weighted by atomic mass is 9.99. The van der Waals surface area contributed by atoms with E-state index in [0.717, 1.165) is 12.2 Å². The fraction of sp³-hybridized carbons (Fsp3) is 0. The molecular weight excluding hydrogens is 240 g/mol. The van der Waals surface area contributed by atoms with Gasteiger partial charge in [-0.15, -0.1) is 0 Å². The van der Waals surface area contributed by atoms with Crippen molar-refractivity contribution in [1.82, 2.24) is 10.6 Å². The maximum atomic E-state index is 11.6. The second kappa shape index (κ2) is 3.84. The Morgan fingerprint density at radius 2 is 1.00 bits per heavy atom. The molecule has 92 valence electrons. The van der Waals surface area contributed by atoms with Crippen molar-refractivity contribution in [2.45, 2.75) is 0 Å². The van der Waals surface area contributed by atoms with E-state index in [1.165, 1.54) is 0 Å². The highest BCUT2D eigenvalue weighted by Gasteiger charge is 2.29. The summed E-state index contributed by atoms with van der Waals surface area (Å²) in [5, 5.41) is 3.92. The van der Waals surface area contributed by atoms with Crippen molar-refractivity contribution in [3.05, 3.63) is 34.7 Å². The molecule has 0 spiro atoms. The molecule has 0 aromatic rings. The average Bonchev–Trinajstić information content (AvgIpc) is 2.29. The Hall–Kier alpha value is -2.90. The van der Waals surface area contributed by atoms with Crippen molar-refractivity contribution in [2.24, 2.45) is 11.5 Å². The predicted molar refractivity (Wildman–Crippen MR) is 57.9 cm³/mol. The average molecular weight is 248 g/mol. The second-order valence-corrected chi connectivity index (χ2v) is 3.59. The minimum Gasteiger partial charge on any atom is -0.394 e. The summed E-state index contributed by atoms with van der Waals surface area (Å²) >= 11 is 0. The number of nitrogens with two attached hydrogens (primary N) is 2. The minimum atomic E-state index is -0.780. The van der Waals surface area contributed by atoms with Gasteiger partial charge in [-0.1, -0.05) is 0 Å². The van der Waals surface area contributed by atoms with Gasteiger partial charge >= 0.3 is 0 Å². The molecule has 0 aromatic heterocycles. The number of amides is 4. The highest BCUT2D eigenvalue weighted by Crippen LogP contribution is 2.16. The Kier molecular flexibility index (Phi) is 2.47. The molecule has 18 heavy (non-hydrogen) atoms. The number of rotatable bonds is 0. The summed E-state index contributed by atoms with van der Waals surface area (Å²) in [7, 11) is 0. The van der Waals surface area contributed by atoms with Crippen LogP contribution < -0.4 is 22.1 Å². The fourth-order valence-electron chi connectivity index (χ4n) is 1.46.